The normalized spacial score (nSPS) is 11.5. The Hall–Kier alpha value is -2.30. The van der Waals surface area contributed by atoms with Crippen LogP contribution in [0.25, 0.3) is 0 Å². The summed E-state index contributed by atoms with van der Waals surface area (Å²) in [5, 5.41) is 11.4. The summed E-state index contributed by atoms with van der Waals surface area (Å²) in [4.78, 5) is 22.6. The molecule has 0 aliphatic rings. The maximum Gasteiger partial charge on any atom is 0.326 e. The molecule has 0 saturated heterocycles. The number of benzene rings is 1. The predicted octanol–water partition coefficient (Wildman–Crippen LogP) is 2.22. The zero-order chi connectivity index (χ0) is 15.8. The third-order valence-corrected chi connectivity index (χ3v) is 3.02. The third-order valence-electron chi connectivity index (χ3n) is 3.02. The lowest BCUT2D eigenvalue weighted by atomic mass is 10.1. The van der Waals surface area contributed by atoms with E-state index in [2.05, 4.69) is 11.9 Å². The van der Waals surface area contributed by atoms with Gasteiger partial charge >= 0.3 is 5.97 Å². The van der Waals surface area contributed by atoms with E-state index in [1.807, 2.05) is 32.0 Å². The molecule has 5 nitrogen and oxygen atoms in total. The van der Waals surface area contributed by atoms with Crippen molar-refractivity contribution in [1.82, 2.24) is 5.32 Å². The summed E-state index contributed by atoms with van der Waals surface area (Å²) in [6.07, 6.45) is 1.76. The monoisotopic (exact) mass is 291 g/mol. The second-order valence-corrected chi connectivity index (χ2v) is 4.80. The highest BCUT2D eigenvalue weighted by Gasteiger charge is 2.18. The van der Waals surface area contributed by atoms with Crippen molar-refractivity contribution in [2.75, 3.05) is 6.61 Å². The molecule has 1 atom stereocenters. The number of rotatable bonds is 8. The van der Waals surface area contributed by atoms with Crippen molar-refractivity contribution in [3.05, 3.63) is 42.0 Å². The van der Waals surface area contributed by atoms with Crippen molar-refractivity contribution in [2.24, 2.45) is 0 Å². The topological polar surface area (TPSA) is 75.6 Å². The SMILES string of the molecule is C=CCC(NC(=O)CCOc1c(C)cccc1C)C(=O)O. The molecule has 21 heavy (non-hydrogen) atoms. The van der Waals surface area contributed by atoms with Crippen LogP contribution in [0.1, 0.15) is 24.0 Å². The Labute approximate surface area is 124 Å². The first-order chi connectivity index (χ1) is 9.95. The molecule has 1 amide bonds. The number of hydrogen-bond acceptors (Lipinski definition) is 3. The Bertz CT molecular complexity index is 505. The molecule has 2 N–H and O–H groups in total. The Kier molecular flexibility index (Phi) is 6.46. The minimum Gasteiger partial charge on any atom is -0.493 e. The van der Waals surface area contributed by atoms with Gasteiger partial charge in [0.25, 0.3) is 0 Å². The molecule has 1 rings (SSSR count). The van der Waals surface area contributed by atoms with E-state index in [-0.39, 0.29) is 25.4 Å². The number of hydrogen-bond donors (Lipinski definition) is 2. The lowest BCUT2D eigenvalue weighted by molar-refractivity contribution is -0.141. The van der Waals surface area contributed by atoms with Crippen molar-refractivity contribution in [3.8, 4) is 5.75 Å². The Balaban J connectivity index is 2.46. The Morgan fingerprint density at radius 1 is 1.38 bits per heavy atom. The van der Waals surface area contributed by atoms with E-state index >= 15 is 0 Å². The van der Waals surface area contributed by atoms with Crippen molar-refractivity contribution in [2.45, 2.75) is 32.7 Å². The largest absolute Gasteiger partial charge is 0.493 e. The molecule has 0 aliphatic carbocycles. The number of carboxylic acids is 1. The number of carboxylic acid groups (broad SMARTS) is 1. The van der Waals surface area contributed by atoms with Crippen LogP contribution in [0.15, 0.2) is 30.9 Å². The van der Waals surface area contributed by atoms with E-state index < -0.39 is 12.0 Å². The number of nitrogens with one attached hydrogen (secondary N) is 1. The smallest absolute Gasteiger partial charge is 0.326 e. The summed E-state index contributed by atoms with van der Waals surface area (Å²) >= 11 is 0. The molecule has 0 bridgehead atoms. The molecule has 114 valence electrons. The maximum atomic E-state index is 11.7. The molecule has 1 aromatic rings. The number of aliphatic carboxylic acids is 1. The molecule has 0 saturated carbocycles. The van der Waals surface area contributed by atoms with Gasteiger partial charge in [-0.25, -0.2) is 4.79 Å². The van der Waals surface area contributed by atoms with E-state index in [0.29, 0.717) is 0 Å². The molecule has 0 aliphatic heterocycles. The van der Waals surface area contributed by atoms with Gasteiger partial charge in [0.2, 0.25) is 5.91 Å². The van der Waals surface area contributed by atoms with Crippen LogP contribution in [-0.4, -0.2) is 29.6 Å². The van der Waals surface area contributed by atoms with Crippen molar-refractivity contribution >= 4 is 11.9 Å². The molecule has 5 heteroatoms. The zero-order valence-electron chi connectivity index (χ0n) is 12.4. The molecule has 0 heterocycles. The highest BCUT2D eigenvalue weighted by atomic mass is 16.5. The first-order valence-corrected chi connectivity index (χ1v) is 6.77. The first kappa shape index (κ1) is 16.8. The Morgan fingerprint density at radius 2 is 2.00 bits per heavy atom. The average Bonchev–Trinajstić information content (AvgIpc) is 2.41. The van der Waals surface area contributed by atoms with Crippen LogP contribution >= 0.6 is 0 Å². The number of ether oxygens (including phenoxy) is 1. The van der Waals surface area contributed by atoms with E-state index in [9.17, 15) is 9.59 Å². The van der Waals surface area contributed by atoms with Gasteiger partial charge in [-0.1, -0.05) is 24.3 Å². The molecular weight excluding hydrogens is 270 g/mol. The second kappa shape index (κ2) is 8.09. The summed E-state index contributed by atoms with van der Waals surface area (Å²) in [6, 6.07) is 4.88. The molecule has 1 aromatic carbocycles. The van der Waals surface area contributed by atoms with Gasteiger partial charge in [-0.05, 0) is 31.4 Å². The minimum atomic E-state index is -1.07. The average molecular weight is 291 g/mol. The van der Waals surface area contributed by atoms with E-state index in [1.165, 1.54) is 6.08 Å². The number of amides is 1. The molecular formula is C16H21NO4. The molecule has 0 fully saturated rings. The molecule has 0 radical (unpaired) electrons. The van der Waals surface area contributed by atoms with Gasteiger partial charge in [0.15, 0.2) is 0 Å². The van der Waals surface area contributed by atoms with Crippen LogP contribution < -0.4 is 10.1 Å². The van der Waals surface area contributed by atoms with Gasteiger partial charge in [-0.2, -0.15) is 0 Å². The van der Waals surface area contributed by atoms with Crippen LogP contribution in [0.3, 0.4) is 0 Å². The highest BCUT2D eigenvalue weighted by Crippen LogP contribution is 2.22. The van der Waals surface area contributed by atoms with Gasteiger partial charge in [-0.3, -0.25) is 4.79 Å². The molecule has 0 spiro atoms. The lowest BCUT2D eigenvalue weighted by Crippen LogP contribution is -2.40. The van der Waals surface area contributed by atoms with E-state index in [4.69, 9.17) is 9.84 Å². The number of carbonyl (C=O) groups is 2. The zero-order valence-corrected chi connectivity index (χ0v) is 12.4. The van der Waals surface area contributed by atoms with Crippen LogP contribution in [-0.2, 0) is 9.59 Å². The van der Waals surface area contributed by atoms with E-state index in [1.54, 1.807) is 0 Å². The van der Waals surface area contributed by atoms with Gasteiger partial charge < -0.3 is 15.2 Å². The van der Waals surface area contributed by atoms with Gasteiger partial charge in [-0.15, -0.1) is 6.58 Å². The summed E-state index contributed by atoms with van der Waals surface area (Å²) in [5.74, 6) is -0.652. The van der Waals surface area contributed by atoms with Crippen molar-refractivity contribution in [1.29, 1.82) is 0 Å². The predicted molar refractivity (Wildman–Crippen MR) is 80.4 cm³/mol. The van der Waals surface area contributed by atoms with Gasteiger partial charge in [0.1, 0.15) is 11.8 Å². The summed E-state index contributed by atoms with van der Waals surface area (Å²) in [6.45, 7) is 7.55. The fraction of sp³-hybridized carbons (Fsp3) is 0.375. The minimum absolute atomic E-state index is 0.106. The van der Waals surface area contributed by atoms with Crippen LogP contribution in [0.2, 0.25) is 0 Å². The second-order valence-electron chi connectivity index (χ2n) is 4.80. The quantitative estimate of drug-likeness (QED) is 0.720. The first-order valence-electron chi connectivity index (χ1n) is 6.77. The van der Waals surface area contributed by atoms with Gasteiger partial charge in [0.05, 0.1) is 13.0 Å². The standard InChI is InChI=1S/C16H21NO4/c1-4-6-13(16(19)20)17-14(18)9-10-21-15-11(2)7-5-8-12(15)3/h4-5,7-8,13H,1,6,9-10H2,2-3H3,(H,17,18)(H,19,20). The van der Waals surface area contributed by atoms with Crippen molar-refractivity contribution < 1.29 is 19.4 Å². The highest BCUT2D eigenvalue weighted by molar-refractivity contribution is 5.83. The number of para-hydroxylation sites is 1. The number of carbonyl (C=O) groups excluding carboxylic acids is 1. The summed E-state index contributed by atoms with van der Waals surface area (Å²) in [7, 11) is 0. The molecule has 1 unspecified atom stereocenters. The third kappa shape index (κ3) is 5.30. The fourth-order valence-electron chi connectivity index (χ4n) is 1.93. The van der Waals surface area contributed by atoms with Crippen LogP contribution in [0.4, 0.5) is 0 Å². The summed E-state index contributed by atoms with van der Waals surface area (Å²) in [5.41, 5.74) is 2.01. The van der Waals surface area contributed by atoms with E-state index in [0.717, 1.165) is 16.9 Å². The Morgan fingerprint density at radius 3 is 2.52 bits per heavy atom. The van der Waals surface area contributed by atoms with Crippen molar-refractivity contribution in [3.63, 3.8) is 0 Å². The maximum absolute atomic E-state index is 11.7. The lowest BCUT2D eigenvalue weighted by Gasteiger charge is -2.14. The van der Waals surface area contributed by atoms with Gasteiger partial charge in [0, 0.05) is 0 Å². The van der Waals surface area contributed by atoms with Crippen LogP contribution in [0.5, 0.6) is 5.75 Å². The number of aryl methyl sites for hydroxylation is 2. The molecule has 0 aromatic heterocycles. The van der Waals surface area contributed by atoms with Crippen LogP contribution in [0, 0.1) is 13.8 Å². The summed E-state index contributed by atoms with van der Waals surface area (Å²) < 4.78 is 5.61. The fourth-order valence-corrected chi connectivity index (χ4v) is 1.93.